The van der Waals surface area contributed by atoms with Crippen LogP contribution in [0.5, 0.6) is 0 Å². The molecule has 1 aliphatic heterocycles. The number of benzene rings is 3. The molecule has 0 radical (unpaired) electrons. The molecule has 1 aliphatic rings. The molecule has 1 saturated heterocycles. The summed E-state index contributed by atoms with van der Waals surface area (Å²) in [6.45, 7) is 3.17. The van der Waals surface area contributed by atoms with E-state index >= 15 is 0 Å². The number of halogens is 1. The smallest absolute Gasteiger partial charge is 0.142 e. The van der Waals surface area contributed by atoms with E-state index in [1.807, 2.05) is 30.3 Å². The highest BCUT2D eigenvalue weighted by atomic mass is 35.5. The molecule has 2 heterocycles. The van der Waals surface area contributed by atoms with E-state index in [9.17, 15) is 0 Å². The molecule has 1 fully saturated rings. The maximum Gasteiger partial charge on any atom is 0.142 e. The van der Waals surface area contributed by atoms with Crippen molar-refractivity contribution >= 4 is 40.1 Å². The fraction of sp³-hybridized carbons (Fsp3) is 0.222. The number of hydrogen-bond acceptors (Lipinski definition) is 4. The van der Waals surface area contributed by atoms with Gasteiger partial charge >= 0.3 is 0 Å². The molecule has 1 aromatic heterocycles. The summed E-state index contributed by atoms with van der Waals surface area (Å²) in [5.41, 5.74) is 2.31. The molecule has 0 aliphatic carbocycles. The summed E-state index contributed by atoms with van der Waals surface area (Å²) in [4.78, 5) is 9.68. The lowest BCUT2D eigenvalue weighted by molar-refractivity contribution is 0.211. The van der Waals surface area contributed by atoms with Crippen LogP contribution in [0.4, 0.5) is 5.82 Å². The van der Waals surface area contributed by atoms with Gasteiger partial charge in [0.1, 0.15) is 5.82 Å². The van der Waals surface area contributed by atoms with Crippen molar-refractivity contribution in [2.24, 2.45) is 0 Å². The minimum atomic E-state index is 0.391. The van der Waals surface area contributed by atoms with E-state index in [2.05, 4.69) is 64.8 Å². The third-order valence-corrected chi connectivity index (χ3v) is 7.54. The Kier molecular flexibility index (Phi) is 6.63. The normalized spacial score (nSPS) is 15.2. The van der Waals surface area contributed by atoms with Crippen LogP contribution < -0.4 is 5.32 Å². The average Bonchev–Trinajstić information content (AvgIpc) is 2.84. The minimum absolute atomic E-state index is 0.391. The van der Waals surface area contributed by atoms with Crippen LogP contribution in [0.15, 0.2) is 94.7 Å². The maximum absolute atomic E-state index is 6.92. The molecule has 32 heavy (non-hydrogen) atoms. The Hall–Kier alpha value is -2.53. The van der Waals surface area contributed by atoms with Crippen molar-refractivity contribution in [3.8, 4) is 0 Å². The zero-order chi connectivity index (χ0) is 21.8. The van der Waals surface area contributed by atoms with E-state index < -0.39 is 0 Å². The van der Waals surface area contributed by atoms with Gasteiger partial charge in [-0.05, 0) is 36.6 Å². The summed E-state index contributed by atoms with van der Waals surface area (Å²) < 4.78 is 0. The van der Waals surface area contributed by atoms with E-state index in [1.54, 1.807) is 11.8 Å². The highest BCUT2D eigenvalue weighted by molar-refractivity contribution is 7.99. The van der Waals surface area contributed by atoms with Gasteiger partial charge in [-0.3, -0.25) is 4.90 Å². The predicted molar refractivity (Wildman–Crippen MR) is 136 cm³/mol. The fourth-order valence-electron chi connectivity index (χ4n) is 4.22. The second-order valence-corrected chi connectivity index (χ2v) is 9.68. The van der Waals surface area contributed by atoms with Crippen molar-refractivity contribution < 1.29 is 0 Å². The molecular formula is C27H26ClN3S. The maximum atomic E-state index is 6.92. The van der Waals surface area contributed by atoms with E-state index in [0.29, 0.717) is 6.04 Å². The number of hydrogen-bond donors (Lipinski definition) is 1. The Labute approximate surface area is 198 Å². The summed E-state index contributed by atoms with van der Waals surface area (Å²) in [5, 5.41) is 5.51. The van der Waals surface area contributed by atoms with Gasteiger partial charge in [-0.2, -0.15) is 0 Å². The van der Waals surface area contributed by atoms with Gasteiger partial charge in [0, 0.05) is 36.0 Å². The molecule has 3 nitrogen and oxygen atoms in total. The standard InChI is InChI=1S/C27H26ClN3S/c28-25-23-13-7-8-14-24(23)30-27(26(25)32-22-11-5-2-6-12-22)29-21-15-17-31(18-16-21)19-20-9-3-1-4-10-20/h1-14,21H,15-19H2,(H,29,30). The van der Waals surface area contributed by atoms with Crippen LogP contribution in [-0.2, 0) is 6.54 Å². The molecular weight excluding hydrogens is 434 g/mol. The molecule has 162 valence electrons. The average molecular weight is 460 g/mol. The molecule has 0 unspecified atom stereocenters. The second-order valence-electron chi connectivity index (χ2n) is 8.22. The summed E-state index contributed by atoms with van der Waals surface area (Å²) in [5.74, 6) is 0.893. The quantitative estimate of drug-likeness (QED) is 0.332. The van der Waals surface area contributed by atoms with E-state index in [4.69, 9.17) is 16.6 Å². The molecule has 3 aromatic carbocycles. The van der Waals surface area contributed by atoms with Gasteiger partial charge in [-0.15, -0.1) is 0 Å². The van der Waals surface area contributed by atoms with Crippen LogP contribution in [0.1, 0.15) is 18.4 Å². The Morgan fingerprint density at radius 2 is 1.53 bits per heavy atom. The summed E-state index contributed by atoms with van der Waals surface area (Å²) in [6.07, 6.45) is 2.18. The Balaban J connectivity index is 1.35. The SMILES string of the molecule is Clc1c(Sc2ccccc2)c(NC2CCN(Cc3ccccc3)CC2)nc2ccccc12. The summed E-state index contributed by atoms with van der Waals surface area (Å²) in [6, 6.07) is 29.6. The Morgan fingerprint density at radius 3 is 2.28 bits per heavy atom. The lowest BCUT2D eigenvalue weighted by Gasteiger charge is -2.33. The largest absolute Gasteiger partial charge is 0.366 e. The number of para-hydroxylation sites is 1. The van der Waals surface area contributed by atoms with Crippen molar-refractivity contribution in [2.45, 2.75) is 35.2 Å². The minimum Gasteiger partial charge on any atom is -0.366 e. The molecule has 4 aromatic rings. The van der Waals surface area contributed by atoms with Crippen LogP contribution in [-0.4, -0.2) is 29.0 Å². The number of rotatable bonds is 6. The highest BCUT2D eigenvalue weighted by Crippen LogP contribution is 2.42. The number of piperidine rings is 1. The van der Waals surface area contributed by atoms with Gasteiger partial charge < -0.3 is 5.32 Å². The number of likely N-dealkylation sites (tertiary alicyclic amines) is 1. The van der Waals surface area contributed by atoms with Gasteiger partial charge in [0.2, 0.25) is 0 Å². The van der Waals surface area contributed by atoms with Crippen LogP contribution in [0.25, 0.3) is 10.9 Å². The van der Waals surface area contributed by atoms with Crippen LogP contribution in [0.3, 0.4) is 0 Å². The third kappa shape index (κ3) is 4.93. The van der Waals surface area contributed by atoms with Gasteiger partial charge in [-0.25, -0.2) is 4.98 Å². The summed E-state index contributed by atoms with van der Waals surface area (Å²) >= 11 is 8.60. The van der Waals surface area contributed by atoms with E-state index in [-0.39, 0.29) is 0 Å². The van der Waals surface area contributed by atoms with Crippen LogP contribution >= 0.6 is 23.4 Å². The molecule has 0 atom stereocenters. The second kappa shape index (κ2) is 9.95. The lowest BCUT2D eigenvalue weighted by atomic mass is 10.0. The third-order valence-electron chi connectivity index (χ3n) is 5.93. The number of nitrogens with one attached hydrogen (secondary N) is 1. The van der Waals surface area contributed by atoms with Crippen molar-refractivity contribution in [1.82, 2.24) is 9.88 Å². The van der Waals surface area contributed by atoms with Crippen molar-refractivity contribution in [3.05, 3.63) is 95.5 Å². The lowest BCUT2D eigenvalue weighted by Crippen LogP contribution is -2.38. The number of fused-ring (bicyclic) bond motifs is 1. The van der Waals surface area contributed by atoms with Crippen molar-refractivity contribution in [2.75, 3.05) is 18.4 Å². The van der Waals surface area contributed by atoms with Gasteiger partial charge in [0.25, 0.3) is 0 Å². The van der Waals surface area contributed by atoms with Gasteiger partial charge in [0.15, 0.2) is 0 Å². The Bertz CT molecular complexity index is 1180. The molecule has 5 rings (SSSR count). The summed E-state index contributed by atoms with van der Waals surface area (Å²) in [7, 11) is 0. The first-order chi connectivity index (χ1) is 15.8. The number of nitrogens with zero attached hydrogens (tertiary/aromatic N) is 2. The molecule has 5 heteroatoms. The zero-order valence-corrected chi connectivity index (χ0v) is 19.4. The molecule has 0 amide bonds. The fourth-order valence-corrected chi connectivity index (χ4v) is 5.52. The molecule has 1 N–H and O–H groups in total. The first-order valence-electron chi connectivity index (χ1n) is 11.1. The zero-order valence-electron chi connectivity index (χ0n) is 17.9. The van der Waals surface area contributed by atoms with Crippen molar-refractivity contribution in [3.63, 3.8) is 0 Å². The first-order valence-corrected chi connectivity index (χ1v) is 12.3. The van der Waals surface area contributed by atoms with E-state index in [0.717, 1.165) is 64.0 Å². The Morgan fingerprint density at radius 1 is 0.875 bits per heavy atom. The number of anilines is 1. The predicted octanol–water partition coefficient (Wildman–Crippen LogP) is 7.12. The molecule has 0 bridgehead atoms. The monoisotopic (exact) mass is 459 g/mol. The van der Waals surface area contributed by atoms with Crippen molar-refractivity contribution in [1.29, 1.82) is 0 Å². The van der Waals surface area contributed by atoms with E-state index in [1.165, 1.54) is 5.56 Å². The number of aromatic nitrogens is 1. The highest BCUT2D eigenvalue weighted by Gasteiger charge is 2.22. The number of pyridine rings is 1. The van der Waals surface area contributed by atoms with Gasteiger partial charge in [0.05, 0.1) is 15.4 Å². The topological polar surface area (TPSA) is 28.2 Å². The molecule has 0 saturated carbocycles. The van der Waals surface area contributed by atoms with Crippen LogP contribution in [0.2, 0.25) is 5.02 Å². The van der Waals surface area contributed by atoms with Gasteiger partial charge in [-0.1, -0.05) is 90.1 Å². The first kappa shape index (κ1) is 21.3. The molecule has 0 spiro atoms. The van der Waals surface area contributed by atoms with Crippen LogP contribution in [0, 0.1) is 0 Å².